The third kappa shape index (κ3) is 3.32. The van der Waals surface area contributed by atoms with Gasteiger partial charge >= 0.3 is 0 Å². The zero-order chi connectivity index (χ0) is 9.03. The largest absolute Gasteiger partial charge is 0.310 e. The average molecular weight is 190 g/mol. The van der Waals surface area contributed by atoms with Crippen molar-refractivity contribution in [2.45, 2.75) is 45.1 Å². The van der Waals surface area contributed by atoms with Crippen molar-refractivity contribution in [2.75, 3.05) is 12.4 Å². The van der Waals surface area contributed by atoms with Crippen molar-refractivity contribution in [3.63, 3.8) is 0 Å². The molecular formula is C10H20ClN. The molecule has 0 aromatic heterocycles. The van der Waals surface area contributed by atoms with E-state index >= 15 is 0 Å². The monoisotopic (exact) mass is 189 g/mol. The van der Waals surface area contributed by atoms with Gasteiger partial charge < -0.3 is 5.32 Å². The Labute approximate surface area is 80.9 Å². The van der Waals surface area contributed by atoms with Crippen LogP contribution < -0.4 is 5.32 Å². The van der Waals surface area contributed by atoms with Crippen LogP contribution in [0.4, 0.5) is 0 Å². The van der Waals surface area contributed by atoms with Gasteiger partial charge in [0.2, 0.25) is 0 Å². The Hall–Kier alpha value is 0.250. The van der Waals surface area contributed by atoms with Crippen molar-refractivity contribution in [1.82, 2.24) is 5.32 Å². The molecule has 0 atom stereocenters. The normalized spacial score (nSPS) is 20.0. The lowest BCUT2D eigenvalue weighted by atomic mass is 10.1. The van der Waals surface area contributed by atoms with Crippen LogP contribution in [0.3, 0.4) is 0 Å². The molecule has 1 aliphatic carbocycles. The Bertz CT molecular complexity index is 130. The van der Waals surface area contributed by atoms with E-state index in [2.05, 4.69) is 19.2 Å². The minimum absolute atomic E-state index is 0.346. The second-order valence-corrected chi connectivity index (χ2v) is 4.64. The highest BCUT2D eigenvalue weighted by atomic mass is 35.5. The first-order valence-corrected chi connectivity index (χ1v) is 5.53. The van der Waals surface area contributed by atoms with Crippen LogP contribution in [0.15, 0.2) is 0 Å². The minimum Gasteiger partial charge on any atom is -0.310 e. The number of hydrogen-bond donors (Lipinski definition) is 1. The molecule has 0 aromatic carbocycles. The lowest BCUT2D eigenvalue weighted by Gasteiger charge is -2.13. The smallest absolute Gasteiger partial charge is 0.0406 e. The van der Waals surface area contributed by atoms with Gasteiger partial charge in [0.15, 0.2) is 0 Å². The Balaban J connectivity index is 1.95. The highest BCUT2D eigenvalue weighted by Gasteiger charge is 2.40. The molecule has 0 bridgehead atoms. The Morgan fingerprint density at radius 2 is 2.08 bits per heavy atom. The van der Waals surface area contributed by atoms with Gasteiger partial charge in [-0.25, -0.2) is 0 Å². The van der Waals surface area contributed by atoms with E-state index in [1.165, 1.54) is 25.7 Å². The third-order valence-electron chi connectivity index (χ3n) is 2.57. The van der Waals surface area contributed by atoms with Crippen LogP contribution >= 0.6 is 11.6 Å². The second kappa shape index (κ2) is 4.48. The summed E-state index contributed by atoms with van der Waals surface area (Å²) in [7, 11) is 0. The van der Waals surface area contributed by atoms with E-state index in [1.54, 1.807) is 0 Å². The predicted octanol–water partition coefficient (Wildman–Crippen LogP) is 2.78. The summed E-state index contributed by atoms with van der Waals surface area (Å²) >= 11 is 5.83. The Morgan fingerprint density at radius 3 is 2.50 bits per heavy atom. The fourth-order valence-corrected chi connectivity index (χ4v) is 1.73. The first-order chi connectivity index (χ1) is 5.68. The molecule has 1 saturated carbocycles. The molecule has 1 N–H and O–H groups in total. The van der Waals surface area contributed by atoms with E-state index in [0.717, 1.165) is 18.3 Å². The molecule has 0 amide bonds. The van der Waals surface area contributed by atoms with Crippen LogP contribution in [-0.4, -0.2) is 18.0 Å². The van der Waals surface area contributed by atoms with Gasteiger partial charge in [-0.05, 0) is 38.1 Å². The second-order valence-electron chi connectivity index (χ2n) is 4.38. The summed E-state index contributed by atoms with van der Waals surface area (Å²) in [6.45, 7) is 5.69. The average Bonchev–Trinajstić information content (AvgIpc) is 2.79. The molecule has 72 valence electrons. The molecule has 0 aromatic rings. The van der Waals surface area contributed by atoms with E-state index < -0.39 is 0 Å². The number of nitrogens with one attached hydrogen (secondary N) is 1. The van der Waals surface area contributed by atoms with Crippen molar-refractivity contribution in [3.05, 3.63) is 0 Å². The summed E-state index contributed by atoms with van der Waals surface area (Å²) in [5.41, 5.74) is 0.346. The highest BCUT2D eigenvalue weighted by molar-refractivity contribution is 6.18. The summed E-state index contributed by atoms with van der Waals surface area (Å²) in [5.74, 6) is 1.62. The predicted molar refractivity (Wildman–Crippen MR) is 54.8 cm³/mol. The lowest BCUT2D eigenvalue weighted by molar-refractivity contribution is 0.483. The van der Waals surface area contributed by atoms with Gasteiger partial charge in [-0.2, -0.15) is 0 Å². The molecule has 0 saturated heterocycles. The summed E-state index contributed by atoms with van der Waals surface area (Å²) in [6.07, 6.45) is 5.16. The molecule has 1 aliphatic rings. The molecule has 1 fully saturated rings. The first-order valence-electron chi connectivity index (χ1n) is 4.99. The van der Waals surface area contributed by atoms with Gasteiger partial charge in [-0.1, -0.05) is 13.8 Å². The third-order valence-corrected chi connectivity index (χ3v) is 3.08. The summed E-state index contributed by atoms with van der Waals surface area (Å²) in [5, 5.41) is 3.54. The molecule has 0 radical (unpaired) electrons. The summed E-state index contributed by atoms with van der Waals surface area (Å²) < 4.78 is 0. The SMILES string of the molecule is CC(C)CCCNC1(CCl)CC1. The first kappa shape index (κ1) is 10.3. The molecule has 1 nitrogen and oxygen atoms in total. The maximum absolute atomic E-state index is 5.83. The van der Waals surface area contributed by atoms with Gasteiger partial charge in [0.1, 0.15) is 0 Å². The fraction of sp³-hybridized carbons (Fsp3) is 1.00. The Kier molecular flexibility index (Phi) is 3.85. The summed E-state index contributed by atoms with van der Waals surface area (Å²) in [6, 6.07) is 0. The van der Waals surface area contributed by atoms with Crippen LogP contribution in [-0.2, 0) is 0 Å². The lowest BCUT2D eigenvalue weighted by Crippen LogP contribution is -2.33. The van der Waals surface area contributed by atoms with Crippen LogP contribution in [0.2, 0.25) is 0 Å². The van der Waals surface area contributed by atoms with Crippen molar-refractivity contribution in [1.29, 1.82) is 0 Å². The maximum Gasteiger partial charge on any atom is 0.0406 e. The van der Waals surface area contributed by atoms with Gasteiger partial charge in [0.25, 0.3) is 0 Å². The van der Waals surface area contributed by atoms with Crippen molar-refractivity contribution in [2.24, 2.45) is 5.92 Å². The molecule has 0 aliphatic heterocycles. The molecule has 12 heavy (non-hydrogen) atoms. The van der Waals surface area contributed by atoms with Crippen molar-refractivity contribution in [3.8, 4) is 0 Å². The molecule has 0 heterocycles. The number of rotatable bonds is 6. The topological polar surface area (TPSA) is 12.0 Å². The van der Waals surface area contributed by atoms with Crippen LogP contribution in [0.1, 0.15) is 39.5 Å². The maximum atomic E-state index is 5.83. The van der Waals surface area contributed by atoms with Crippen molar-refractivity contribution >= 4 is 11.6 Å². The standard InChI is InChI=1S/C10H20ClN/c1-9(2)4-3-7-12-10(8-11)5-6-10/h9,12H,3-8H2,1-2H3. The molecule has 0 unspecified atom stereocenters. The van der Waals surface area contributed by atoms with E-state index in [4.69, 9.17) is 11.6 Å². The quantitative estimate of drug-likeness (QED) is 0.501. The van der Waals surface area contributed by atoms with E-state index in [9.17, 15) is 0 Å². The van der Waals surface area contributed by atoms with Crippen LogP contribution in [0.25, 0.3) is 0 Å². The molecule has 0 spiro atoms. The zero-order valence-corrected chi connectivity index (χ0v) is 8.95. The van der Waals surface area contributed by atoms with Crippen LogP contribution in [0.5, 0.6) is 0 Å². The van der Waals surface area contributed by atoms with E-state index in [1.807, 2.05) is 0 Å². The number of hydrogen-bond acceptors (Lipinski definition) is 1. The van der Waals surface area contributed by atoms with Gasteiger partial charge in [-0.3, -0.25) is 0 Å². The van der Waals surface area contributed by atoms with Gasteiger partial charge in [0.05, 0.1) is 0 Å². The minimum atomic E-state index is 0.346. The number of halogens is 1. The van der Waals surface area contributed by atoms with Gasteiger partial charge in [-0.15, -0.1) is 11.6 Å². The highest BCUT2D eigenvalue weighted by Crippen LogP contribution is 2.36. The fourth-order valence-electron chi connectivity index (χ4n) is 1.37. The van der Waals surface area contributed by atoms with Crippen LogP contribution in [0, 0.1) is 5.92 Å². The zero-order valence-electron chi connectivity index (χ0n) is 8.20. The molecule has 2 heteroatoms. The molecule has 1 rings (SSSR count). The van der Waals surface area contributed by atoms with Crippen molar-refractivity contribution < 1.29 is 0 Å². The molecular weight excluding hydrogens is 170 g/mol. The summed E-state index contributed by atoms with van der Waals surface area (Å²) in [4.78, 5) is 0. The van der Waals surface area contributed by atoms with E-state index in [0.29, 0.717) is 5.54 Å². The Morgan fingerprint density at radius 1 is 1.42 bits per heavy atom. The van der Waals surface area contributed by atoms with Gasteiger partial charge in [0, 0.05) is 11.4 Å². The van der Waals surface area contributed by atoms with E-state index in [-0.39, 0.29) is 0 Å². The number of alkyl halides is 1.